The van der Waals surface area contributed by atoms with Gasteiger partial charge in [-0.05, 0) is 19.1 Å². The molecule has 124 valence electrons. The maximum Gasteiger partial charge on any atom is 0.275 e. The Morgan fingerprint density at radius 1 is 0.840 bits per heavy atom. The van der Waals surface area contributed by atoms with Crippen LogP contribution in [-0.4, -0.2) is 16.7 Å². The second-order valence-corrected chi connectivity index (χ2v) is 5.65. The number of phenols is 1. The van der Waals surface area contributed by atoms with E-state index in [0.717, 1.165) is 16.7 Å². The molecule has 0 bridgehead atoms. The Bertz CT molecular complexity index is 901. The molecule has 4 heteroatoms. The second kappa shape index (κ2) is 7.45. The summed E-state index contributed by atoms with van der Waals surface area (Å²) in [6.07, 6.45) is 0. The first-order chi connectivity index (χ1) is 12.1. The number of hydrogen-bond acceptors (Lipinski definition) is 3. The monoisotopic (exact) mass is 330 g/mol. The number of para-hydroxylation sites is 1. The molecule has 25 heavy (non-hydrogen) atoms. The number of amides is 1. The van der Waals surface area contributed by atoms with Gasteiger partial charge >= 0.3 is 0 Å². The fourth-order valence-electron chi connectivity index (χ4n) is 2.44. The molecule has 3 aromatic rings. The molecule has 0 atom stereocenters. The molecule has 0 unspecified atom stereocenters. The SMILES string of the molecule is Cc1ccc(/C(=N\NC(=O)c2ccccc2O)c2ccccc2)cc1. The van der Waals surface area contributed by atoms with Crippen molar-refractivity contribution < 1.29 is 9.90 Å². The van der Waals surface area contributed by atoms with Crippen LogP contribution in [0.4, 0.5) is 0 Å². The van der Waals surface area contributed by atoms with Gasteiger partial charge in [0, 0.05) is 11.1 Å². The number of carbonyl (C=O) groups is 1. The molecule has 0 aliphatic rings. The van der Waals surface area contributed by atoms with E-state index in [-0.39, 0.29) is 11.3 Å². The number of phenolic OH excluding ortho intramolecular Hbond substituents is 1. The molecule has 0 fully saturated rings. The van der Waals surface area contributed by atoms with Crippen LogP contribution >= 0.6 is 0 Å². The molecule has 0 saturated carbocycles. The second-order valence-electron chi connectivity index (χ2n) is 5.65. The van der Waals surface area contributed by atoms with Crippen LogP contribution in [0.15, 0.2) is 84.0 Å². The Hall–Kier alpha value is -3.40. The average Bonchev–Trinajstić information content (AvgIpc) is 2.64. The van der Waals surface area contributed by atoms with Crippen LogP contribution in [0.2, 0.25) is 0 Å². The highest BCUT2D eigenvalue weighted by molar-refractivity contribution is 6.13. The Labute approximate surface area is 146 Å². The number of hydrogen-bond donors (Lipinski definition) is 2. The first-order valence-corrected chi connectivity index (χ1v) is 7.93. The zero-order chi connectivity index (χ0) is 17.6. The van der Waals surface area contributed by atoms with Crippen molar-refractivity contribution in [2.24, 2.45) is 5.10 Å². The molecule has 0 spiro atoms. The van der Waals surface area contributed by atoms with Crippen molar-refractivity contribution in [3.8, 4) is 5.75 Å². The van der Waals surface area contributed by atoms with Crippen LogP contribution in [0.1, 0.15) is 27.0 Å². The molecular formula is C21H18N2O2. The van der Waals surface area contributed by atoms with Crippen molar-refractivity contribution in [1.82, 2.24) is 5.43 Å². The van der Waals surface area contributed by atoms with Gasteiger partial charge in [0.25, 0.3) is 5.91 Å². The fourth-order valence-corrected chi connectivity index (χ4v) is 2.44. The smallest absolute Gasteiger partial charge is 0.275 e. The lowest BCUT2D eigenvalue weighted by atomic mass is 10.0. The van der Waals surface area contributed by atoms with Crippen LogP contribution in [0.25, 0.3) is 0 Å². The molecule has 0 radical (unpaired) electrons. The lowest BCUT2D eigenvalue weighted by Crippen LogP contribution is -2.20. The van der Waals surface area contributed by atoms with E-state index in [0.29, 0.717) is 5.71 Å². The van der Waals surface area contributed by atoms with Gasteiger partial charge < -0.3 is 5.11 Å². The van der Waals surface area contributed by atoms with Crippen LogP contribution in [-0.2, 0) is 0 Å². The standard InChI is InChI=1S/C21H18N2O2/c1-15-11-13-17(14-12-15)20(16-7-3-2-4-8-16)22-23-21(25)18-9-5-6-10-19(18)24/h2-14,24H,1H3,(H,23,25)/b22-20-. The first kappa shape index (κ1) is 16.5. The van der Waals surface area contributed by atoms with Gasteiger partial charge in [-0.15, -0.1) is 0 Å². The highest BCUT2D eigenvalue weighted by Gasteiger charge is 2.11. The highest BCUT2D eigenvalue weighted by Crippen LogP contribution is 2.16. The number of aryl methyl sites for hydroxylation is 1. The van der Waals surface area contributed by atoms with Crippen molar-refractivity contribution in [3.05, 3.63) is 101 Å². The van der Waals surface area contributed by atoms with Crippen LogP contribution < -0.4 is 5.43 Å². The Morgan fingerprint density at radius 2 is 1.44 bits per heavy atom. The maximum absolute atomic E-state index is 12.3. The van der Waals surface area contributed by atoms with E-state index in [1.54, 1.807) is 18.2 Å². The molecule has 0 saturated heterocycles. The van der Waals surface area contributed by atoms with Gasteiger partial charge in [-0.3, -0.25) is 4.79 Å². The number of carbonyl (C=O) groups excluding carboxylic acids is 1. The van der Waals surface area contributed by atoms with Gasteiger partial charge in [-0.2, -0.15) is 5.10 Å². The minimum atomic E-state index is -0.460. The molecule has 4 nitrogen and oxygen atoms in total. The van der Waals surface area contributed by atoms with E-state index >= 15 is 0 Å². The van der Waals surface area contributed by atoms with Gasteiger partial charge in [0.2, 0.25) is 0 Å². The fraction of sp³-hybridized carbons (Fsp3) is 0.0476. The van der Waals surface area contributed by atoms with Gasteiger partial charge in [0.15, 0.2) is 0 Å². The molecule has 0 aliphatic carbocycles. The van der Waals surface area contributed by atoms with Crippen molar-refractivity contribution in [2.75, 3.05) is 0 Å². The largest absolute Gasteiger partial charge is 0.507 e. The van der Waals surface area contributed by atoms with E-state index in [4.69, 9.17) is 0 Å². The molecule has 2 N–H and O–H groups in total. The quantitative estimate of drug-likeness (QED) is 0.563. The molecule has 0 aliphatic heterocycles. The number of aromatic hydroxyl groups is 1. The number of benzene rings is 3. The third kappa shape index (κ3) is 3.93. The Kier molecular flexibility index (Phi) is 4.90. The van der Waals surface area contributed by atoms with Gasteiger partial charge in [-0.1, -0.05) is 72.3 Å². The Balaban J connectivity index is 1.94. The summed E-state index contributed by atoms with van der Waals surface area (Å²) in [5.74, 6) is -0.537. The van der Waals surface area contributed by atoms with Crippen LogP contribution in [0.5, 0.6) is 5.75 Å². The third-order valence-corrected chi connectivity index (χ3v) is 3.79. The lowest BCUT2D eigenvalue weighted by Gasteiger charge is -2.09. The molecule has 0 aromatic heterocycles. The summed E-state index contributed by atoms with van der Waals surface area (Å²) < 4.78 is 0. The molecule has 0 heterocycles. The number of nitrogens with one attached hydrogen (secondary N) is 1. The summed E-state index contributed by atoms with van der Waals surface area (Å²) in [5, 5.41) is 14.1. The van der Waals surface area contributed by atoms with Crippen LogP contribution in [0, 0.1) is 6.92 Å². The predicted molar refractivity (Wildman–Crippen MR) is 98.8 cm³/mol. The summed E-state index contributed by atoms with van der Waals surface area (Å²) in [6, 6.07) is 23.9. The molecular weight excluding hydrogens is 312 g/mol. The number of hydrazone groups is 1. The highest BCUT2D eigenvalue weighted by atomic mass is 16.3. The normalized spacial score (nSPS) is 11.2. The Morgan fingerprint density at radius 3 is 2.12 bits per heavy atom. The molecule has 1 amide bonds. The number of rotatable bonds is 4. The molecule has 3 aromatic carbocycles. The topological polar surface area (TPSA) is 61.7 Å². The predicted octanol–water partition coefficient (Wildman–Crippen LogP) is 3.88. The summed E-state index contributed by atoms with van der Waals surface area (Å²) >= 11 is 0. The van der Waals surface area contributed by atoms with Crippen molar-refractivity contribution in [3.63, 3.8) is 0 Å². The first-order valence-electron chi connectivity index (χ1n) is 7.93. The average molecular weight is 330 g/mol. The summed E-state index contributed by atoms with van der Waals surface area (Å²) in [6.45, 7) is 2.02. The summed E-state index contributed by atoms with van der Waals surface area (Å²) in [5.41, 5.74) is 6.32. The zero-order valence-electron chi connectivity index (χ0n) is 13.8. The lowest BCUT2D eigenvalue weighted by molar-refractivity contribution is 0.0952. The summed E-state index contributed by atoms with van der Waals surface area (Å²) in [7, 11) is 0. The van der Waals surface area contributed by atoms with Crippen molar-refractivity contribution in [1.29, 1.82) is 0 Å². The third-order valence-electron chi connectivity index (χ3n) is 3.79. The minimum Gasteiger partial charge on any atom is -0.507 e. The van der Waals surface area contributed by atoms with E-state index in [9.17, 15) is 9.90 Å². The van der Waals surface area contributed by atoms with Gasteiger partial charge in [0.1, 0.15) is 5.75 Å². The summed E-state index contributed by atoms with van der Waals surface area (Å²) in [4.78, 5) is 12.3. The number of nitrogens with zero attached hydrogens (tertiary/aromatic N) is 1. The van der Waals surface area contributed by atoms with E-state index in [1.807, 2.05) is 61.5 Å². The van der Waals surface area contributed by atoms with Gasteiger partial charge in [-0.25, -0.2) is 5.43 Å². The van der Waals surface area contributed by atoms with Crippen LogP contribution in [0.3, 0.4) is 0 Å². The maximum atomic E-state index is 12.3. The van der Waals surface area contributed by atoms with E-state index in [2.05, 4.69) is 10.5 Å². The zero-order valence-corrected chi connectivity index (χ0v) is 13.8. The molecule has 3 rings (SSSR count). The van der Waals surface area contributed by atoms with E-state index < -0.39 is 5.91 Å². The van der Waals surface area contributed by atoms with Crippen molar-refractivity contribution in [2.45, 2.75) is 6.92 Å². The minimum absolute atomic E-state index is 0.0770. The van der Waals surface area contributed by atoms with Crippen molar-refractivity contribution >= 4 is 11.6 Å². The van der Waals surface area contributed by atoms with Gasteiger partial charge in [0.05, 0.1) is 11.3 Å². The van der Waals surface area contributed by atoms with E-state index in [1.165, 1.54) is 6.07 Å².